The minimum atomic E-state index is -0.840. The third-order valence-corrected chi connectivity index (χ3v) is 3.01. The van der Waals surface area contributed by atoms with Gasteiger partial charge in [0, 0.05) is 0 Å². The van der Waals surface area contributed by atoms with Crippen LogP contribution in [-0.4, -0.2) is 12.2 Å². The number of ether oxygens (including phenoxy) is 1. The number of rotatable bonds is 2. The van der Waals surface area contributed by atoms with E-state index in [1.807, 2.05) is 13.0 Å². The lowest BCUT2D eigenvalue weighted by Gasteiger charge is -2.27. The van der Waals surface area contributed by atoms with Gasteiger partial charge in [-0.3, -0.25) is 0 Å². The van der Waals surface area contributed by atoms with Crippen LogP contribution in [0.3, 0.4) is 0 Å². The molecular formula is C15H24O2. The molecule has 0 atom stereocenters. The van der Waals surface area contributed by atoms with E-state index in [0.717, 1.165) is 16.9 Å². The van der Waals surface area contributed by atoms with Crippen LogP contribution in [-0.2, 0) is 11.0 Å². The van der Waals surface area contributed by atoms with E-state index in [1.165, 1.54) is 5.56 Å². The highest BCUT2D eigenvalue weighted by Crippen LogP contribution is 2.36. The van der Waals surface area contributed by atoms with Gasteiger partial charge in [0.05, 0.1) is 12.7 Å². The summed E-state index contributed by atoms with van der Waals surface area (Å²) >= 11 is 0. The van der Waals surface area contributed by atoms with Gasteiger partial charge in [0.25, 0.3) is 0 Å². The van der Waals surface area contributed by atoms with Crippen molar-refractivity contribution in [3.05, 3.63) is 28.8 Å². The Morgan fingerprint density at radius 3 is 1.88 bits per heavy atom. The maximum atomic E-state index is 10.1. The molecular weight excluding hydrogens is 212 g/mol. The van der Waals surface area contributed by atoms with E-state index < -0.39 is 5.60 Å². The Balaban J connectivity index is 3.46. The molecule has 0 fully saturated rings. The molecule has 0 spiro atoms. The first-order chi connectivity index (χ1) is 7.57. The molecule has 0 unspecified atom stereocenters. The molecule has 2 heteroatoms. The summed E-state index contributed by atoms with van der Waals surface area (Å²) in [6.07, 6.45) is 0. The summed E-state index contributed by atoms with van der Waals surface area (Å²) in [7, 11) is 1.67. The molecule has 1 aromatic carbocycles. The monoisotopic (exact) mass is 236 g/mol. The van der Waals surface area contributed by atoms with Gasteiger partial charge in [-0.1, -0.05) is 26.8 Å². The maximum absolute atomic E-state index is 10.1. The summed E-state index contributed by atoms with van der Waals surface area (Å²) in [5.74, 6) is 0.847. The largest absolute Gasteiger partial charge is 0.496 e. The standard InChI is InChI=1S/C15H24O2/c1-10-8-12(14(2,3)4)13(17-7)9-11(10)15(5,6)16/h8-9,16H,1-7H3. The number of aryl methyl sites for hydroxylation is 1. The fourth-order valence-corrected chi connectivity index (χ4v) is 2.10. The highest BCUT2D eigenvalue weighted by molar-refractivity contribution is 5.47. The van der Waals surface area contributed by atoms with Gasteiger partial charge in [-0.05, 0) is 48.9 Å². The van der Waals surface area contributed by atoms with Crippen LogP contribution < -0.4 is 4.74 Å². The van der Waals surface area contributed by atoms with Crippen molar-refractivity contribution in [3.8, 4) is 5.75 Å². The number of methoxy groups -OCH3 is 1. The number of hydrogen-bond acceptors (Lipinski definition) is 2. The molecule has 0 radical (unpaired) electrons. The van der Waals surface area contributed by atoms with E-state index in [9.17, 15) is 5.11 Å². The zero-order valence-electron chi connectivity index (χ0n) is 12.0. The summed E-state index contributed by atoms with van der Waals surface area (Å²) in [4.78, 5) is 0. The third-order valence-electron chi connectivity index (χ3n) is 3.01. The quantitative estimate of drug-likeness (QED) is 0.851. The Labute approximate surface area is 105 Å². The lowest BCUT2D eigenvalue weighted by molar-refractivity contribution is 0.0776. The van der Waals surface area contributed by atoms with E-state index in [2.05, 4.69) is 26.8 Å². The SMILES string of the molecule is COc1cc(C(C)(C)O)c(C)cc1C(C)(C)C. The molecule has 0 bridgehead atoms. The third kappa shape index (κ3) is 3.01. The first-order valence-electron chi connectivity index (χ1n) is 5.99. The van der Waals surface area contributed by atoms with E-state index in [-0.39, 0.29) is 5.41 Å². The zero-order chi connectivity index (χ0) is 13.4. The minimum Gasteiger partial charge on any atom is -0.496 e. The number of aliphatic hydroxyl groups is 1. The van der Waals surface area contributed by atoms with Crippen molar-refractivity contribution in [3.63, 3.8) is 0 Å². The van der Waals surface area contributed by atoms with Gasteiger partial charge in [-0.25, -0.2) is 0 Å². The molecule has 2 nitrogen and oxygen atoms in total. The zero-order valence-corrected chi connectivity index (χ0v) is 12.0. The van der Waals surface area contributed by atoms with Crippen molar-refractivity contribution >= 4 is 0 Å². The summed E-state index contributed by atoms with van der Waals surface area (Å²) in [5, 5.41) is 10.1. The molecule has 96 valence electrons. The normalized spacial score (nSPS) is 12.7. The second-order valence-corrected chi connectivity index (χ2v) is 6.18. The van der Waals surface area contributed by atoms with Crippen molar-refractivity contribution < 1.29 is 9.84 Å². The second-order valence-electron chi connectivity index (χ2n) is 6.18. The van der Waals surface area contributed by atoms with Gasteiger partial charge in [0.15, 0.2) is 0 Å². The van der Waals surface area contributed by atoms with Crippen LogP contribution in [0.2, 0.25) is 0 Å². The number of benzene rings is 1. The average Bonchev–Trinajstić information content (AvgIpc) is 2.14. The first-order valence-corrected chi connectivity index (χ1v) is 5.99. The van der Waals surface area contributed by atoms with Crippen LogP contribution in [0.5, 0.6) is 5.75 Å². The molecule has 0 heterocycles. The van der Waals surface area contributed by atoms with E-state index in [4.69, 9.17) is 4.74 Å². The predicted molar refractivity (Wildman–Crippen MR) is 71.7 cm³/mol. The Morgan fingerprint density at radius 2 is 1.53 bits per heavy atom. The van der Waals surface area contributed by atoms with Crippen LogP contribution in [0.1, 0.15) is 51.3 Å². The molecule has 0 aliphatic heterocycles. The average molecular weight is 236 g/mol. The van der Waals surface area contributed by atoms with Crippen molar-refractivity contribution in [2.24, 2.45) is 0 Å². The molecule has 0 aliphatic carbocycles. The molecule has 1 rings (SSSR count). The molecule has 0 aliphatic rings. The van der Waals surface area contributed by atoms with Crippen LogP contribution in [0.15, 0.2) is 12.1 Å². The fraction of sp³-hybridized carbons (Fsp3) is 0.600. The Bertz CT molecular complexity index is 406. The van der Waals surface area contributed by atoms with Gasteiger partial charge in [0.1, 0.15) is 5.75 Å². The van der Waals surface area contributed by atoms with Crippen LogP contribution >= 0.6 is 0 Å². The molecule has 1 aromatic rings. The van der Waals surface area contributed by atoms with E-state index in [0.29, 0.717) is 0 Å². The minimum absolute atomic E-state index is 0.0359. The van der Waals surface area contributed by atoms with Crippen molar-refractivity contribution in [1.29, 1.82) is 0 Å². The van der Waals surface area contributed by atoms with Gasteiger partial charge in [-0.15, -0.1) is 0 Å². The molecule has 0 saturated heterocycles. The lowest BCUT2D eigenvalue weighted by atomic mass is 9.82. The highest BCUT2D eigenvalue weighted by atomic mass is 16.5. The molecule has 0 saturated carbocycles. The molecule has 1 N–H and O–H groups in total. The summed E-state index contributed by atoms with van der Waals surface area (Å²) in [5.41, 5.74) is 2.39. The second kappa shape index (κ2) is 4.34. The Morgan fingerprint density at radius 1 is 1.00 bits per heavy atom. The van der Waals surface area contributed by atoms with Gasteiger partial charge < -0.3 is 9.84 Å². The van der Waals surface area contributed by atoms with Crippen molar-refractivity contribution in [1.82, 2.24) is 0 Å². The van der Waals surface area contributed by atoms with E-state index >= 15 is 0 Å². The van der Waals surface area contributed by atoms with Crippen LogP contribution in [0.25, 0.3) is 0 Å². The van der Waals surface area contributed by atoms with Gasteiger partial charge in [-0.2, -0.15) is 0 Å². The lowest BCUT2D eigenvalue weighted by Crippen LogP contribution is -2.20. The Kier molecular flexibility index (Phi) is 3.58. The van der Waals surface area contributed by atoms with Gasteiger partial charge >= 0.3 is 0 Å². The smallest absolute Gasteiger partial charge is 0.122 e. The molecule has 0 amide bonds. The maximum Gasteiger partial charge on any atom is 0.122 e. The van der Waals surface area contributed by atoms with Crippen molar-refractivity contribution in [2.75, 3.05) is 7.11 Å². The fourth-order valence-electron chi connectivity index (χ4n) is 2.10. The number of hydrogen-bond donors (Lipinski definition) is 1. The van der Waals surface area contributed by atoms with Crippen LogP contribution in [0.4, 0.5) is 0 Å². The highest BCUT2D eigenvalue weighted by Gasteiger charge is 2.25. The van der Waals surface area contributed by atoms with Crippen molar-refractivity contribution in [2.45, 2.75) is 52.6 Å². The molecule has 0 aromatic heterocycles. The van der Waals surface area contributed by atoms with Crippen LogP contribution in [0, 0.1) is 6.92 Å². The summed E-state index contributed by atoms with van der Waals surface area (Å²) in [6, 6.07) is 4.07. The summed E-state index contributed by atoms with van der Waals surface area (Å²) in [6.45, 7) is 12.1. The van der Waals surface area contributed by atoms with Gasteiger partial charge in [0.2, 0.25) is 0 Å². The Hall–Kier alpha value is -1.02. The molecule has 17 heavy (non-hydrogen) atoms. The first kappa shape index (κ1) is 14.0. The summed E-state index contributed by atoms with van der Waals surface area (Å²) < 4.78 is 5.45. The predicted octanol–water partition coefficient (Wildman–Crippen LogP) is 3.53. The van der Waals surface area contributed by atoms with E-state index in [1.54, 1.807) is 21.0 Å². The topological polar surface area (TPSA) is 29.5 Å².